The van der Waals surface area contributed by atoms with E-state index in [9.17, 15) is 0 Å². The molecule has 1 aliphatic carbocycles. The van der Waals surface area contributed by atoms with E-state index in [4.69, 9.17) is 9.26 Å². The summed E-state index contributed by atoms with van der Waals surface area (Å²) in [6.45, 7) is 1.83. The van der Waals surface area contributed by atoms with Crippen molar-refractivity contribution in [1.29, 1.82) is 0 Å². The van der Waals surface area contributed by atoms with E-state index in [0.717, 1.165) is 25.3 Å². The number of hydrogen-bond acceptors (Lipinski definition) is 5. The van der Waals surface area contributed by atoms with Gasteiger partial charge in [-0.15, -0.1) is 0 Å². The minimum absolute atomic E-state index is 0.250. The van der Waals surface area contributed by atoms with Crippen LogP contribution in [0.15, 0.2) is 10.9 Å². The van der Waals surface area contributed by atoms with Gasteiger partial charge >= 0.3 is 0 Å². The first-order valence-electron chi connectivity index (χ1n) is 7.00. The van der Waals surface area contributed by atoms with Crippen LogP contribution in [0.5, 0.6) is 0 Å². The SMILES string of the molecule is c1nc(CCNCC2CCC3(CCCC3)O2)no1. The molecule has 1 saturated carbocycles. The highest BCUT2D eigenvalue weighted by molar-refractivity contribution is 4.93. The lowest BCUT2D eigenvalue weighted by molar-refractivity contribution is -0.0350. The fourth-order valence-electron chi connectivity index (χ4n) is 3.19. The van der Waals surface area contributed by atoms with Gasteiger partial charge in [0.15, 0.2) is 5.82 Å². The number of hydrogen-bond donors (Lipinski definition) is 1. The lowest BCUT2D eigenvalue weighted by Crippen LogP contribution is -2.32. The second-order valence-electron chi connectivity index (χ2n) is 5.47. The van der Waals surface area contributed by atoms with Crippen LogP contribution >= 0.6 is 0 Å². The average molecular weight is 251 g/mol. The standard InChI is InChI=1S/C13H21N3O2/c1-2-6-13(5-1)7-3-11(18-13)9-14-8-4-12-15-10-17-16-12/h10-11,14H,1-9H2. The van der Waals surface area contributed by atoms with Gasteiger partial charge in [0, 0.05) is 19.5 Å². The Labute approximate surface area is 107 Å². The minimum Gasteiger partial charge on any atom is -0.370 e. The molecule has 1 aromatic rings. The molecule has 1 saturated heterocycles. The Hall–Kier alpha value is -0.940. The van der Waals surface area contributed by atoms with Crippen LogP contribution in [-0.2, 0) is 11.2 Å². The smallest absolute Gasteiger partial charge is 0.213 e. The van der Waals surface area contributed by atoms with Crippen LogP contribution in [0.3, 0.4) is 0 Å². The second-order valence-corrected chi connectivity index (χ2v) is 5.47. The van der Waals surface area contributed by atoms with Gasteiger partial charge < -0.3 is 14.6 Å². The maximum absolute atomic E-state index is 6.23. The highest BCUT2D eigenvalue weighted by Gasteiger charge is 2.41. The van der Waals surface area contributed by atoms with E-state index < -0.39 is 0 Å². The first-order valence-corrected chi connectivity index (χ1v) is 7.00. The van der Waals surface area contributed by atoms with Gasteiger partial charge in [0.25, 0.3) is 0 Å². The summed E-state index contributed by atoms with van der Waals surface area (Å²) in [5.74, 6) is 0.766. The summed E-state index contributed by atoms with van der Waals surface area (Å²) >= 11 is 0. The summed E-state index contributed by atoms with van der Waals surface area (Å²) in [5, 5.41) is 7.21. The zero-order valence-electron chi connectivity index (χ0n) is 10.7. The van der Waals surface area contributed by atoms with Gasteiger partial charge in [0.05, 0.1) is 11.7 Å². The van der Waals surface area contributed by atoms with Gasteiger partial charge in [0.1, 0.15) is 0 Å². The Kier molecular flexibility index (Phi) is 3.61. The summed E-state index contributed by atoms with van der Waals surface area (Å²) in [4.78, 5) is 3.99. The van der Waals surface area contributed by atoms with Crippen LogP contribution < -0.4 is 5.32 Å². The number of ether oxygens (including phenoxy) is 1. The molecule has 1 atom stereocenters. The molecule has 3 rings (SSSR count). The molecule has 1 unspecified atom stereocenters. The second kappa shape index (κ2) is 5.36. The topological polar surface area (TPSA) is 60.2 Å². The highest BCUT2D eigenvalue weighted by atomic mass is 16.5. The molecule has 0 bridgehead atoms. The van der Waals surface area contributed by atoms with Crippen molar-refractivity contribution in [3.05, 3.63) is 12.2 Å². The largest absolute Gasteiger partial charge is 0.370 e. The summed E-state index contributed by atoms with van der Waals surface area (Å²) < 4.78 is 10.9. The molecule has 0 amide bonds. The van der Waals surface area contributed by atoms with Crippen molar-refractivity contribution in [3.63, 3.8) is 0 Å². The third-order valence-electron chi connectivity index (χ3n) is 4.16. The molecule has 0 aromatic carbocycles. The molecule has 2 fully saturated rings. The summed E-state index contributed by atoms with van der Waals surface area (Å²) in [7, 11) is 0. The first-order chi connectivity index (χ1) is 8.86. The van der Waals surface area contributed by atoms with E-state index in [1.807, 2.05) is 0 Å². The van der Waals surface area contributed by atoms with Gasteiger partial charge in [-0.25, -0.2) is 0 Å². The predicted octanol–water partition coefficient (Wildman–Crippen LogP) is 1.69. The lowest BCUT2D eigenvalue weighted by atomic mass is 9.98. The molecule has 5 nitrogen and oxygen atoms in total. The summed E-state index contributed by atoms with van der Waals surface area (Å²) in [6, 6.07) is 0. The van der Waals surface area contributed by atoms with Crippen molar-refractivity contribution >= 4 is 0 Å². The van der Waals surface area contributed by atoms with E-state index in [-0.39, 0.29) is 5.60 Å². The van der Waals surface area contributed by atoms with Gasteiger partial charge in [-0.3, -0.25) is 0 Å². The number of aromatic nitrogens is 2. The highest BCUT2D eigenvalue weighted by Crippen LogP contribution is 2.43. The zero-order chi connectivity index (χ0) is 12.3. The van der Waals surface area contributed by atoms with Crippen molar-refractivity contribution in [1.82, 2.24) is 15.5 Å². The third kappa shape index (κ3) is 2.72. The molecule has 1 aliphatic heterocycles. The molecule has 1 spiro atoms. The van der Waals surface area contributed by atoms with Gasteiger partial charge in [-0.2, -0.15) is 4.98 Å². The Bertz CT molecular complexity index is 360. The molecule has 5 heteroatoms. The van der Waals surface area contributed by atoms with Gasteiger partial charge in [-0.1, -0.05) is 18.0 Å². The summed E-state index contributed by atoms with van der Waals surface area (Å²) in [5.41, 5.74) is 0.250. The van der Waals surface area contributed by atoms with E-state index >= 15 is 0 Å². The molecule has 100 valence electrons. The number of nitrogens with one attached hydrogen (secondary N) is 1. The van der Waals surface area contributed by atoms with Crippen molar-refractivity contribution in [3.8, 4) is 0 Å². The molecule has 1 N–H and O–H groups in total. The van der Waals surface area contributed by atoms with Crippen LogP contribution in [0.25, 0.3) is 0 Å². The van der Waals surface area contributed by atoms with Crippen molar-refractivity contribution in [2.45, 2.75) is 56.7 Å². The molecular formula is C13H21N3O2. The van der Waals surface area contributed by atoms with Crippen LogP contribution in [0.1, 0.15) is 44.3 Å². The molecule has 1 aromatic heterocycles. The fourth-order valence-corrected chi connectivity index (χ4v) is 3.19. The first kappa shape index (κ1) is 12.1. The van der Waals surface area contributed by atoms with Gasteiger partial charge in [-0.05, 0) is 25.7 Å². The number of rotatable bonds is 5. The Morgan fingerprint density at radius 1 is 1.33 bits per heavy atom. The monoisotopic (exact) mass is 251 g/mol. The molecular weight excluding hydrogens is 230 g/mol. The summed E-state index contributed by atoms with van der Waals surface area (Å²) in [6.07, 6.45) is 10.3. The minimum atomic E-state index is 0.250. The fraction of sp³-hybridized carbons (Fsp3) is 0.846. The average Bonchev–Trinajstić information content (AvgIpc) is 3.10. The van der Waals surface area contributed by atoms with Crippen LogP contribution in [0, 0.1) is 0 Å². The van der Waals surface area contributed by atoms with Crippen molar-refractivity contribution < 1.29 is 9.26 Å². The number of nitrogens with zero attached hydrogens (tertiary/aromatic N) is 2. The van der Waals surface area contributed by atoms with E-state index in [1.54, 1.807) is 0 Å². The van der Waals surface area contributed by atoms with Crippen molar-refractivity contribution in [2.24, 2.45) is 0 Å². The quantitative estimate of drug-likeness (QED) is 0.807. The van der Waals surface area contributed by atoms with Crippen LogP contribution in [-0.4, -0.2) is 34.9 Å². The molecule has 18 heavy (non-hydrogen) atoms. The third-order valence-corrected chi connectivity index (χ3v) is 4.16. The lowest BCUT2D eigenvalue weighted by Gasteiger charge is -2.23. The maximum Gasteiger partial charge on any atom is 0.213 e. The zero-order valence-corrected chi connectivity index (χ0v) is 10.7. The Balaban J connectivity index is 1.34. The van der Waals surface area contributed by atoms with E-state index in [0.29, 0.717) is 6.10 Å². The molecule has 0 radical (unpaired) electrons. The Morgan fingerprint density at radius 3 is 3.00 bits per heavy atom. The van der Waals surface area contributed by atoms with Gasteiger partial charge in [0.2, 0.25) is 6.39 Å². The molecule has 2 heterocycles. The van der Waals surface area contributed by atoms with Crippen molar-refractivity contribution in [2.75, 3.05) is 13.1 Å². The molecule has 2 aliphatic rings. The van der Waals surface area contributed by atoms with E-state index in [2.05, 4.69) is 15.5 Å². The van der Waals surface area contributed by atoms with Crippen LogP contribution in [0.4, 0.5) is 0 Å². The predicted molar refractivity (Wildman–Crippen MR) is 66.2 cm³/mol. The maximum atomic E-state index is 6.23. The Morgan fingerprint density at radius 2 is 2.22 bits per heavy atom. The van der Waals surface area contributed by atoms with Crippen LogP contribution in [0.2, 0.25) is 0 Å². The normalized spacial score (nSPS) is 26.1. The van der Waals surface area contributed by atoms with E-state index in [1.165, 1.54) is 44.9 Å².